The monoisotopic (exact) mass is 258 g/mol. The number of hydrogen-bond donors (Lipinski definition) is 1. The van der Waals surface area contributed by atoms with Gasteiger partial charge in [0.1, 0.15) is 6.33 Å². The zero-order chi connectivity index (χ0) is 13.5. The zero-order valence-corrected chi connectivity index (χ0v) is 10.3. The highest BCUT2D eigenvalue weighted by Crippen LogP contribution is 2.11. The number of non-ortho nitro benzene ring substituents is 1. The minimum absolute atomic E-state index is 0.123. The van der Waals surface area contributed by atoms with Crippen LogP contribution in [0.2, 0.25) is 0 Å². The smallest absolute Gasteiger partial charge is 0.269 e. The summed E-state index contributed by atoms with van der Waals surface area (Å²) in [7, 11) is 0. The lowest BCUT2D eigenvalue weighted by atomic mass is 10.1. The molecule has 1 heterocycles. The van der Waals surface area contributed by atoms with Gasteiger partial charge in [0.15, 0.2) is 0 Å². The van der Waals surface area contributed by atoms with E-state index in [9.17, 15) is 10.1 Å². The second-order valence-corrected chi connectivity index (χ2v) is 4.10. The van der Waals surface area contributed by atoms with Gasteiger partial charge in [-0.25, -0.2) is 9.97 Å². The van der Waals surface area contributed by atoms with Crippen LogP contribution in [0.4, 0.5) is 5.69 Å². The van der Waals surface area contributed by atoms with Crippen molar-refractivity contribution in [2.24, 2.45) is 0 Å². The molecular formula is C13H14N4O2. The average molecular weight is 258 g/mol. The molecule has 0 aliphatic heterocycles. The van der Waals surface area contributed by atoms with Crippen LogP contribution in [0, 0.1) is 10.1 Å². The Balaban J connectivity index is 1.75. The fourth-order valence-electron chi connectivity index (χ4n) is 1.67. The molecule has 2 aromatic rings. The number of nitrogens with one attached hydrogen (secondary N) is 1. The van der Waals surface area contributed by atoms with Crippen LogP contribution in [0.25, 0.3) is 0 Å². The van der Waals surface area contributed by atoms with Crippen molar-refractivity contribution in [1.82, 2.24) is 15.3 Å². The minimum Gasteiger partial charge on any atom is -0.312 e. The van der Waals surface area contributed by atoms with Crippen LogP contribution >= 0.6 is 0 Å². The lowest BCUT2D eigenvalue weighted by Gasteiger charge is -2.04. The number of benzene rings is 1. The molecule has 0 bridgehead atoms. The molecule has 0 saturated heterocycles. The number of nitrogens with zero attached hydrogens (tertiary/aromatic N) is 3. The van der Waals surface area contributed by atoms with E-state index in [1.807, 2.05) is 0 Å². The summed E-state index contributed by atoms with van der Waals surface area (Å²) in [5.74, 6) is 0. The Bertz CT molecular complexity index is 528. The number of hydrogen-bond acceptors (Lipinski definition) is 5. The highest BCUT2D eigenvalue weighted by Gasteiger charge is 2.03. The van der Waals surface area contributed by atoms with Crippen LogP contribution < -0.4 is 5.32 Å². The van der Waals surface area contributed by atoms with E-state index >= 15 is 0 Å². The maximum Gasteiger partial charge on any atom is 0.269 e. The Labute approximate surface area is 110 Å². The molecule has 19 heavy (non-hydrogen) atoms. The quantitative estimate of drug-likeness (QED) is 0.484. The van der Waals surface area contributed by atoms with E-state index in [0.717, 1.165) is 24.1 Å². The molecule has 0 aliphatic rings. The first-order valence-electron chi connectivity index (χ1n) is 5.93. The van der Waals surface area contributed by atoms with Crippen LogP contribution in [0.1, 0.15) is 11.1 Å². The van der Waals surface area contributed by atoms with Gasteiger partial charge in [-0.2, -0.15) is 0 Å². The summed E-state index contributed by atoms with van der Waals surface area (Å²) in [6.07, 6.45) is 5.86. The Hall–Kier alpha value is -2.34. The second kappa shape index (κ2) is 6.55. The second-order valence-electron chi connectivity index (χ2n) is 4.10. The molecule has 0 unspecified atom stereocenters. The third-order valence-corrected chi connectivity index (χ3v) is 2.68. The van der Waals surface area contributed by atoms with Crippen LogP contribution in [-0.2, 0) is 13.0 Å². The molecule has 6 nitrogen and oxygen atoms in total. The largest absolute Gasteiger partial charge is 0.312 e. The minimum atomic E-state index is -0.391. The molecule has 0 radical (unpaired) electrons. The van der Waals surface area contributed by atoms with Crippen molar-refractivity contribution in [2.75, 3.05) is 6.54 Å². The van der Waals surface area contributed by atoms with E-state index in [0.29, 0.717) is 6.54 Å². The van der Waals surface area contributed by atoms with Gasteiger partial charge >= 0.3 is 0 Å². The SMILES string of the molecule is O=[N+]([O-])c1ccc(CCNCc2cncnc2)cc1. The number of nitro groups is 1. The van der Waals surface area contributed by atoms with Crippen LogP contribution in [0.15, 0.2) is 43.0 Å². The van der Waals surface area contributed by atoms with Crippen molar-refractivity contribution in [2.45, 2.75) is 13.0 Å². The van der Waals surface area contributed by atoms with Gasteiger partial charge in [0.25, 0.3) is 5.69 Å². The van der Waals surface area contributed by atoms with E-state index in [4.69, 9.17) is 0 Å². The summed E-state index contributed by atoms with van der Waals surface area (Å²) in [4.78, 5) is 18.0. The molecule has 0 spiro atoms. The van der Waals surface area contributed by atoms with Crippen molar-refractivity contribution in [1.29, 1.82) is 0 Å². The summed E-state index contributed by atoms with van der Waals surface area (Å²) in [5.41, 5.74) is 2.23. The number of nitro benzene ring substituents is 1. The molecular weight excluding hydrogens is 244 g/mol. The number of rotatable bonds is 6. The molecule has 1 aromatic carbocycles. The standard InChI is InChI=1S/C13H14N4O2/c18-17(19)13-3-1-11(2-4-13)5-6-14-7-12-8-15-10-16-9-12/h1-4,8-10,14H,5-7H2. The summed E-state index contributed by atoms with van der Waals surface area (Å²) in [6.45, 7) is 1.51. The molecule has 98 valence electrons. The highest BCUT2D eigenvalue weighted by molar-refractivity contribution is 5.32. The predicted molar refractivity (Wildman–Crippen MR) is 70.5 cm³/mol. The normalized spacial score (nSPS) is 10.3. The van der Waals surface area contributed by atoms with Crippen molar-refractivity contribution in [3.8, 4) is 0 Å². The third kappa shape index (κ3) is 4.11. The molecule has 0 aliphatic carbocycles. The van der Waals surface area contributed by atoms with Gasteiger partial charge < -0.3 is 5.32 Å². The first-order valence-corrected chi connectivity index (χ1v) is 5.93. The molecule has 1 N–H and O–H groups in total. The molecule has 1 aromatic heterocycles. The topological polar surface area (TPSA) is 81.0 Å². The van der Waals surface area contributed by atoms with E-state index < -0.39 is 4.92 Å². The van der Waals surface area contributed by atoms with Crippen molar-refractivity contribution >= 4 is 5.69 Å². The van der Waals surface area contributed by atoms with E-state index in [1.165, 1.54) is 18.5 Å². The fraction of sp³-hybridized carbons (Fsp3) is 0.231. The predicted octanol–water partition coefficient (Wildman–Crippen LogP) is 1.72. The lowest BCUT2D eigenvalue weighted by molar-refractivity contribution is -0.384. The highest BCUT2D eigenvalue weighted by atomic mass is 16.6. The Morgan fingerprint density at radius 3 is 2.42 bits per heavy atom. The molecule has 0 fully saturated rings. The van der Waals surface area contributed by atoms with E-state index in [1.54, 1.807) is 24.5 Å². The van der Waals surface area contributed by atoms with E-state index in [2.05, 4.69) is 15.3 Å². The summed E-state index contributed by atoms with van der Waals surface area (Å²) in [5, 5.41) is 13.8. The van der Waals surface area contributed by atoms with Gasteiger partial charge in [0, 0.05) is 36.6 Å². The maximum absolute atomic E-state index is 10.5. The fourth-order valence-corrected chi connectivity index (χ4v) is 1.67. The van der Waals surface area contributed by atoms with Crippen LogP contribution in [-0.4, -0.2) is 21.4 Å². The lowest BCUT2D eigenvalue weighted by Crippen LogP contribution is -2.16. The average Bonchev–Trinajstić information content (AvgIpc) is 2.45. The zero-order valence-electron chi connectivity index (χ0n) is 10.3. The van der Waals surface area contributed by atoms with Crippen molar-refractivity contribution < 1.29 is 4.92 Å². The van der Waals surface area contributed by atoms with Gasteiger partial charge in [-0.1, -0.05) is 12.1 Å². The summed E-state index contributed by atoms with van der Waals surface area (Å²) < 4.78 is 0. The van der Waals surface area contributed by atoms with Crippen LogP contribution in [0.3, 0.4) is 0 Å². The van der Waals surface area contributed by atoms with Gasteiger partial charge in [0.2, 0.25) is 0 Å². The third-order valence-electron chi connectivity index (χ3n) is 2.68. The first-order chi connectivity index (χ1) is 9.25. The van der Waals surface area contributed by atoms with Crippen molar-refractivity contribution in [3.63, 3.8) is 0 Å². The molecule has 0 saturated carbocycles. The van der Waals surface area contributed by atoms with Gasteiger partial charge in [-0.05, 0) is 18.5 Å². The Morgan fingerprint density at radius 1 is 1.11 bits per heavy atom. The van der Waals surface area contributed by atoms with Gasteiger partial charge in [0.05, 0.1) is 4.92 Å². The Morgan fingerprint density at radius 2 is 1.79 bits per heavy atom. The van der Waals surface area contributed by atoms with Crippen molar-refractivity contribution in [3.05, 3.63) is 64.2 Å². The van der Waals surface area contributed by atoms with Gasteiger partial charge in [-0.3, -0.25) is 10.1 Å². The number of aromatic nitrogens is 2. The van der Waals surface area contributed by atoms with Crippen LogP contribution in [0.5, 0.6) is 0 Å². The summed E-state index contributed by atoms with van der Waals surface area (Å²) in [6, 6.07) is 6.62. The maximum atomic E-state index is 10.5. The Kier molecular flexibility index (Phi) is 4.52. The molecule has 6 heteroatoms. The van der Waals surface area contributed by atoms with Gasteiger partial charge in [-0.15, -0.1) is 0 Å². The molecule has 0 amide bonds. The van der Waals surface area contributed by atoms with E-state index in [-0.39, 0.29) is 5.69 Å². The summed E-state index contributed by atoms with van der Waals surface area (Å²) >= 11 is 0. The molecule has 2 rings (SSSR count). The molecule has 0 atom stereocenters. The first kappa shape index (κ1) is 13.1.